The molecule has 1 aliphatic rings. The molecule has 1 heterocycles. The number of hydrogen-bond donors (Lipinski definition) is 2. The molecule has 0 aromatic rings. The number of carboxylic acid groups (broad SMARTS) is 1. The fourth-order valence-corrected chi connectivity index (χ4v) is 2.26. The summed E-state index contributed by atoms with van der Waals surface area (Å²) >= 11 is 0. The minimum atomic E-state index is -1.14. The van der Waals surface area contributed by atoms with Crippen LogP contribution in [0.5, 0.6) is 0 Å². The lowest BCUT2D eigenvalue weighted by molar-refractivity contribution is -0.148. The summed E-state index contributed by atoms with van der Waals surface area (Å²) in [7, 11) is 0. The van der Waals surface area contributed by atoms with Crippen molar-refractivity contribution in [1.82, 2.24) is 10.2 Å². The maximum absolute atomic E-state index is 12.4. The Kier molecular flexibility index (Phi) is 6.27. The van der Waals surface area contributed by atoms with Crippen LogP contribution < -0.4 is 5.32 Å². The molecule has 2 N–H and O–H groups in total. The second-order valence-electron chi connectivity index (χ2n) is 5.61. The maximum Gasteiger partial charge on any atom is 0.326 e. The Morgan fingerprint density at radius 3 is 2.18 bits per heavy atom. The average molecular weight is 310 g/mol. The van der Waals surface area contributed by atoms with Crippen LogP contribution in [0.15, 0.2) is 12.2 Å². The van der Waals surface area contributed by atoms with E-state index in [0.29, 0.717) is 12.8 Å². The minimum absolute atomic E-state index is 0.309. The number of amides is 3. The molecule has 0 fully saturated rings. The van der Waals surface area contributed by atoms with Gasteiger partial charge >= 0.3 is 5.97 Å². The van der Waals surface area contributed by atoms with E-state index in [2.05, 4.69) is 5.32 Å². The molecule has 0 aromatic heterocycles. The molecule has 7 nitrogen and oxygen atoms in total. The molecular weight excluding hydrogens is 288 g/mol. The first-order chi connectivity index (χ1) is 10.3. The van der Waals surface area contributed by atoms with E-state index < -0.39 is 35.8 Å². The van der Waals surface area contributed by atoms with Crippen molar-refractivity contribution in [2.75, 3.05) is 0 Å². The summed E-state index contributed by atoms with van der Waals surface area (Å²) in [6, 6.07) is -2.03. The van der Waals surface area contributed by atoms with Crippen molar-refractivity contribution in [3.8, 4) is 0 Å². The zero-order chi connectivity index (χ0) is 16.9. The van der Waals surface area contributed by atoms with Crippen LogP contribution in [0, 0.1) is 5.92 Å². The van der Waals surface area contributed by atoms with Gasteiger partial charge in [0, 0.05) is 12.2 Å². The average Bonchev–Trinajstić information content (AvgIpc) is 2.76. The quantitative estimate of drug-likeness (QED) is 0.642. The Bertz CT molecular complexity index is 480. The summed E-state index contributed by atoms with van der Waals surface area (Å²) in [5.74, 6) is -3.15. The van der Waals surface area contributed by atoms with E-state index >= 15 is 0 Å². The van der Waals surface area contributed by atoms with Gasteiger partial charge in [-0.15, -0.1) is 0 Å². The summed E-state index contributed by atoms with van der Waals surface area (Å²) in [6.45, 7) is 5.27. The largest absolute Gasteiger partial charge is 0.480 e. The van der Waals surface area contributed by atoms with Crippen LogP contribution in [0.3, 0.4) is 0 Å². The number of hydrogen-bond acceptors (Lipinski definition) is 4. The summed E-state index contributed by atoms with van der Waals surface area (Å²) < 4.78 is 0. The Balaban J connectivity index is 2.91. The summed E-state index contributed by atoms with van der Waals surface area (Å²) in [5, 5.41) is 11.6. The van der Waals surface area contributed by atoms with E-state index in [9.17, 15) is 19.2 Å². The van der Waals surface area contributed by atoms with Gasteiger partial charge in [-0.3, -0.25) is 19.3 Å². The highest BCUT2D eigenvalue weighted by molar-refractivity contribution is 6.15. The first-order valence-corrected chi connectivity index (χ1v) is 7.38. The van der Waals surface area contributed by atoms with Crippen LogP contribution in [0.4, 0.5) is 0 Å². The molecule has 7 heteroatoms. The molecule has 0 aliphatic carbocycles. The van der Waals surface area contributed by atoms with Crippen molar-refractivity contribution in [2.24, 2.45) is 5.92 Å². The van der Waals surface area contributed by atoms with E-state index in [-0.39, 0.29) is 5.92 Å². The van der Waals surface area contributed by atoms with Crippen LogP contribution in [-0.4, -0.2) is 45.8 Å². The SMILES string of the molecule is CCCCC(C(=O)NC(C(=O)O)C(C)C)N1C(=O)C=CC1=O. The number of unbranched alkanes of at least 4 members (excludes halogenated alkanes) is 1. The minimum Gasteiger partial charge on any atom is -0.480 e. The predicted molar refractivity (Wildman–Crippen MR) is 78.7 cm³/mol. The number of nitrogens with one attached hydrogen (secondary N) is 1. The molecule has 0 spiro atoms. The molecular formula is C15H22N2O5. The van der Waals surface area contributed by atoms with Gasteiger partial charge in [0.1, 0.15) is 12.1 Å². The summed E-state index contributed by atoms with van der Waals surface area (Å²) in [6.07, 6.45) is 3.98. The highest BCUT2D eigenvalue weighted by atomic mass is 16.4. The summed E-state index contributed by atoms with van der Waals surface area (Å²) in [4.78, 5) is 48.0. The normalized spacial score (nSPS) is 17.0. The molecule has 1 aliphatic heterocycles. The number of rotatable bonds is 8. The predicted octanol–water partition coefficient (Wildman–Crippen LogP) is 0.696. The third kappa shape index (κ3) is 4.16. The number of carboxylic acids is 1. The zero-order valence-corrected chi connectivity index (χ0v) is 13.0. The van der Waals surface area contributed by atoms with E-state index in [1.165, 1.54) is 0 Å². The van der Waals surface area contributed by atoms with Crippen LogP contribution >= 0.6 is 0 Å². The van der Waals surface area contributed by atoms with E-state index in [4.69, 9.17) is 5.11 Å². The van der Waals surface area contributed by atoms with Gasteiger partial charge in [0.2, 0.25) is 5.91 Å². The molecule has 0 aromatic carbocycles. The lowest BCUT2D eigenvalue weighted by atomic mass is 10.0. The van der Waals surface area contributed by atoms with Crippen LogP contribution in [-0.2, 0) is 19.2 Å². The smallest absolute Gasteiger partial charge is 0.326 e. The Morgan fingerprint density at radius 1 is 1.23 bits per heavy atom. The highest BCUT2D eigenvalue weighted by Crippen LogP contribution is 2.16. The number of aliphatic carboxylic acids is 1. The van der Waals surface area contributed by atoms with Crippen molar-refractivity contribution in [3.63, 3.8) is 0 Å². The molecule has 22 heavy (non-hydrogen) atoms. The summed E-state index contributed by atoms with van der Waals surface area (Å²) in [5.41, 5.74) is 0. The first kappa shape index (κ1) is 17.9. The van der Waals surface area contributed by atoms with Crippen molar-refractivity contribution >= 4 is 23.7 Å². The second kappa shape index (κ2) is 7.72. The zero-order valence-electron chi connectivity index (χ0n) is 13.0. The fourth-order valence-electron chi connectivity index (χ4n) is 2.26. The Labute approximate surface area is 129 Å². The van der Waals surface area contributed by atoms with Gasteiger partial charge in [0.25, 0.3) is 11.8 Å². The van der Waals surface area contributed by atoms with Gasteiger partial charge in [-0.25, -0.2) is 4.79 Å². The standard InChI is InChI=1S/C15H22N2O5/c1-4-5-6-10(17-11(18)7-8-12(17)19)14(20)16-13(9(2)3)15(21)22/h7-10,13H,4-6H2,1-3H3,(H,16,20)(H,21,22). The van der Waals surface area contributed by atoms with E-state index in [0.717, 1.165) is 23.5 Å². The molecule has 0 saturated carbocycles. The molecule has 2 atom stereocenters. The molecule has 3 amide bonds. The fraction of sp³-hybridized carbons (Fsp3) is 0.600. The third-order valence-corrected chi connectivity index (χ3v) is 3.52. The molecule has 1 rings (SSSR count). The Morgan fingerprint density at radius 2 is 1.77 bits per heavy atom. The van der Waals surface area contributed by atoms with Crippen LogP contribution in [0.1, 0.15) is 40.0 Å². The molecule has 122 valence electrons. The van der Waals surface area contributed by atoms with Crippen molar-refractivity contribution in [3.05, 3.63) is 12.2 Å². The van der Waals surface area contributed by atoms with Gasteiger partial charge in [-0.2, -0.15) is 0 Å². The molecule has 0 saturated heterocycles. The lowest BCUT2D eigenvalue weighted by Crippen LogP contribution is -2.54. The topological polar surface area (TPSA) is 104 Å². The third-order valence-electron chi connectivity index (χ3n) is 3.52. The second-order valence-corrected chi connectivity index (χ2v) is 5.61. The van der Waals surface area contributed by atoms with Crippen LogP contribution in [0.25, 0.3) is 0 Å². The number of imide groups is 1. The molecule has 2 unspecified atom stereocenters. The first-order valence-electron chi connectivity index (χ1n) is 7.38. The van der Waals surface area contributed by atoms with E-state index in [1.807, 2.05) is 6.92 Å². The van der Waals surface area contributed by atoms with Gasteiger partial charge in [0.15, 0.2) is 0 Å². The number of carbonyl (C=O) groups is 4. The molecule has 0 radical (unpaired) electrons. The highest BCUT2D eigenvalue weighted by Gasteiger charge is 2.37. The number of nitrogens with zero attached hydrogens (tertiary/aromatic N) is 1. The van der Waals surface area contributed by atoms with Gasteiger partial charge < -0.3 is 10.4 Å². The lowest BCUT2D eigenvalue weighted by Gasteiger charge is -2.27. The van der Waals surface area contributed by atoms with Gasteiger partial charge in [0.05, 0.1) is 0 Å². The van der Waals surface area contributed by atoms with Crippen LogP contribution in [0.2, 0.25) is 0 Å². The number of carbonyl (C=O) groups excluding carboxylic acids is 3. The monoisotopic (exact) mass is 310 g/mol. The van der Waals surface area contributed by atoms with Crippen molar-refractivity contribution < 1.29 is 24.3 Å². The maximum atomic E-state index is 12.4. The molecule has 0 bridgehead atoms. The van der Waals surface area contributed by atoms with E-state index in [1.54, 1.807) is 13.8 Å². The van der Waals surface area contributed by atoms with Crippen molar-refractivity contribution in [2.45, 2.75) is 52.1 Å². The van der Waals surface area contributed by atoms with Gasteiger partial charge in [-0.1, -0.05) is 33.6 Å². The van der Waals surface area contributed by atoms with Gasteiger partial charge in [-0.05, 0) is 12.3 Å². The Hall–Kier alpha value is -2.18. The van der Waals surface area contributed by atoms with Crippen molar-refractivity contribution in [1.29, 1.82) is 0 Å².